The normalized spacial score (nSPS) is 22.4. The number of nitrogens with zero attached hydrogens (tertiary/aromatic N) is 6. The molecule has 0 radical (unpaired) electrons. The van der Waals surface area contributed by atoms with E-state index in [9.17, 15) is 0 Å². The summed E-state index contributed by atoms with van der Waals surface area (Å²) >= 11 is 0. The van der Waals surface area contributed by atoms with E-state index in [4.69, 9.17) is 29.9 Å². The molecule has 320 valence electrons. The van der Waals surface area contributed by atoms with E-state index in [1.807, 2.05) is 48.7 Å². The molecule has 5 aliphatic rings. The van der Waals surface area contributed by atoms with Crippen LogP contribution in [0, 0.1) is 11.8 Å². The summed E-state index contributed by atoms with van der Waals surface area (Å²) in [7, 11) is 0. The molecule has 0 bridgehead atoms. The summed E-state index contributed by atoms with van der Waals surface area (Å²) in [5.41, 5.74) is 12.7. The number of aromatic nitrogens is 3. The van der Waals surface area contributed by atoms with Crippen LogP contribution in [0.5, 0.6) is 0 Å². The molecule has 6 nitrogen and oxygen atoms in total. The van der Waals surface area contributed by atoms with Gasteiger partial charge in [-0.05, 0) is 70.2 Å². The predicted octanol–water partition coefficient (Wildman–Crippen LogP) is 13.5. The molecule has 1 fully saturated rings. The summed E-state index contributed by atoms with van der Waals surface area (Å²) in [5, 5.41) is 0. The molecule has 0 saturated heterocycles. The fraction of sp³-hybridized carbons (Fsp3) is 0.200. The van der Waals surface area contributed by atoms with Gasteiger partial charge in [0, 0.05) is 51.3 Å². The van der Waals surface area contributed by atoms with E-state index in [-0.39, 0.29) is 23.3 Å². The van der Waals surface area contributed by atoms with E-state index >= 15 is 0 Å². The standard InChI is InChI=1S/C60H50N6/c1-39-35-50(59-65-57(42-23-10-4-11-24-42)64-58(66-59)45-31-32-48-47-28-14-15-30-51(47)60(52(48)37-45)33-16-5-17-34-60)46-27-12-13-29-49(46)54(39)43-25-18-26-44(36-43)55-61-38-53(40-19-6-2-7-20-40)62-56(63-55)41-21-8-3-9-22-41/h2-4,6-15,18-32,35-39,47,51,53-54H,5,16-17,33-34H2,1H3. The highest BCUT2D eigenvalue weighted by Gasteiger charge is 2.50. The Balaban J connectivity index is 0.936. The number of allylic oxidation sites excluding steroid dienone is 5. The van der Waals surface area contributed by atoms with E-state index in [2.05, 4.69) is 153 Å². The monoisotopic (exact) mass is 854 g/mol. The summed E-state index contributed by atoms with van der Waals surface area (Å²) in [5.74, 6) is 4.51. The topological polar surface area (TPSA) is 75.8 Å². The third-order valence-electron chi connectivity index (χ3n) is 14.7. The first-order valence-corrected chi connectivity index (χ1v) is 23.6. The van der Waals surface area contributed by atoms with Crippen molar-refractivity contribution in [1.82, 2.24) is 15.0 Å². The number of amidine groups is 2. The summed E-state index contributed by atoms with van der Waals surface area (Å²) in [6.07, 6.45) is 20.0. The van der Waals surface area contributed by atoms with Gasteiger partial charge >= 0.3 is 0 Å². The molecule has 1 aromatic heterocycles. The molecular formula is C60H50N6. The SMILES string of the molecule is CC1C=C(c2nc(-c3ccccc3)nc(-c3ccc4c(c3)C3(CCCCC3)C3C=CC=CC43)n2)c2ccccc2C1c1cccc(C2=NC(c3ccccc3)=NC(c3ccccc3)C=N2)c1. The second kappa shape index (κ2) is 16.8. The average Bonchev–Trinajstić information content (AvgIpc) is 3.48. The summed E-state index contributed by atoms with van der Waals surface area (Å²) in [4.78, 5) is 31.3. The van der Waals surface area contributed by atoms with Crippen LogP contribution in [0.15, 0.2) is 203 Å². The number of hydrogen-bond acceptors (Lipinski definition) is 6. The van der Waals surface area contributed by atoms with Crippen LogP contribution in [-0.4, -0.2) is 32.8 Å². The van der Waals surface area contributed by atoms with Crippen molar-refractivity contribution in [2.75, 3.05) is 0 Å². The molecule has 6 heteroatoms. The summed E-state index contributed by atoms with van der Waals surface area (Å²) in [6.45, 7) is 2.31. The first-order valence-electron chi connectivity index (χ1n) is 23.6. The summed E-state index contributed by atoms with van der Waals surface area (Å²) < 4.78 is 0. The Kier molecular flexibility index (Phi) is 10.2. The van der Waals surface area contributed by atoms with E-state index in [1.54, 1.807) is 0 Å². The molecule has 5 unspecified atom stereocenters. The fourth-order valence-electron chi connectivity index (χ4n) is 11.6. The van der Waals surface area contributed by atoms with Gasteiger partial charge in [-0.1, -0.05) is 202 Å². The lowest BCUT2D eigenvalue weighted by molar-refractivity contribution is 0.233. The van der Waals surface area contributed by atoms with Crippen LogP contribution in [0.4, 0.5) is 0 Å². The van der Waals surface area contributed by atoms with Crippen molar-refractivity contribution in [2.45, 2.75) is 62.3 Å². The molecule has 2 heterocycles. The van der Waals surface area contributed by atoms with Crippen LogP contribution in [0.25, 0.3) is 28.3 Å². The second-order valence-corrected chi connectivity index (χ2v) is 18.5. The van der Waals surface area contributed by atoms with Crippen molar-refractivity contribution in [3.8, 4) is 22.8 Å². The van der Waals surface area contributed by atoms with Crippen molar-refractivity contribution in [3.05, 3.63) is 238 Å². The second-order valence-electron chi connectivity index (χ2n) is 18.5. The van der Waals surface area contributed by atoms with Gasteiger partial charge < -0.3 is 0 Å². The molecule has 0 N–H and O–H groups in total. The van der Waals surface area contributed by atoms with Gasteiger partial charge in [0.1, 0.15) is 6.04 Å². The smallest absolute Gasteiger partial charge is 0.164 e. The minimum absolute atomic E-state index is 0.0736. The largest absolute Gasteiger partial charge is 0.252 e. The van der Waals surface area contributed by atoms with E-state index in [0.717, 1.165) is 39.0 Å². The van der Waals surface area contributed by atoms with Gasteiger partial charge in [0.2, 0.25) is 0 Å². The molecular weight excluding hydrogens is 805 g/mol. The zero-order valence-electron chi connectivity index (χ0n) is 37.1. The number of fused-ring (bicyclic) bond motifs is 6. The van der Waals surface area contributed by atoms with Crippen LogP contribution in [-0.2, 0) is 5.41 Å². The minimum Gasteiger partial charge on any atom is -0.252 e. The number of aliphatic imine (C=N–C) groups is 3. The number of hydrogen-bond donors (Lipinski definition) is 0. The molecule has 6 aromatic carbocycles. The van der Waals surface area contributed by atoms with Crippen LogP contribution < -0.4 is 0 Å². The van der Waals surface area contributed by atoms with Gasteiger partial charge in [0.25, 0.3) is 0 Å². The average molecular weight is 855 g/mol. The molecule has 1 aliphatic heterocycles. The third-order valence-corrected chi connectivity index (χ3v) is 14.7. The van der Waals surface area contributed by atoms with Gasteiger partial charge in [-0.15, -0.1) is 0 Å². The molecule has 1 saturated carbocycles. The van der Waals surface area contributed by atoms with Crippen molar-refractivity contribution in [2.24, 2.45) is 26.8 Å². The van der Waals surface area contributed by atoms with Crippen LogP contribution in [0.1, 0.15) is 107 Å². The Morgan fingerprint density at radius 1 is 0.530 bits per heavy atom. The van der Waals surface area contributed by atoms with Gasteiger partial charge in [0.05, 0.1) is 0 Å². The zero-order valence-corrected chi connectivity index (χ0v) is 37.1. The maximum absolute atomic E-state index is 5.42. The number of benzene rings is 6. The minimum atomic E-state index is -0.256. The van der Waals surface area contributed by atoms with Crippen molar-refractivity contribution >= 4 is 23.5 Å². The highest BCUT2D eigenvalue weighted by molar-refractivity contribution is 6.15. The lowest BCUT2D eigenvalue weighted by Gasteiger charge is -2.40. The van der Waals surface area contributed by atoms with Gasteiger partial charge in [-0.3, -0.25) is 4.99 Å². The highest BCUT2D eigenvalue weighted by Crippen LogP contribution is 2.59. The Morgan fingerprint density at radius 2 is 1.20 bits per heavy atom. The van der Waals surface area contributed by atoms with Gasteiger partial charge in [-0.25, -0.2) is 24.9 Å². The van der Waals surface area contributed by atoms with E-state index < -0.39 is 0 Å². The van der Waals surface area contributed by atoms with Gasteiger partial charge in [-0.2, -0.15) is 0 Å². The third kappa shape index (κ3) is 7.12. The molecule has 12 rings (SSSR count). The Morgan fingerprint density at radius 3 is 2.00 bits per heavy atom. The zero-order chi connectivity index (χ0) is 44.0. The Bertz CT molecular complexity index is 3160. The van der Waals surface area contributed by atoms with Crippen molar-refractivity contribution in [1.29, 1.82) is 0 Å². The first-order chi connectivity index (χ1) is 32.6. The quantitative estimate of drug-likeness (QED) is 0.160. The van der Waals surface area contributed by atoms with Crippen molar-refractivity contribution in [3.63, 3.8) is 0 Å². The maximum atomic E-state index is 5.42. The lowest BCUT2D eigenvalue weighted by atomic mass is 9.63. The van der Waals surface area contributed by atoms with Crippen LogP contribution in [0.2, 0.25) is 0 Å². The summed E-state index contributed by atoms with van der Waals surface area (Å²) in [6, 6.07) is 55.2. The first kappa shape index (κ1) is 40.1. The Labute approximate surface area is 387 Å². The maximum Gasteiger partial charge on any atom is 0.164 e. The molecule has 0 amide bonds. The molecule has 1 spiro atoms. The molecule has 66 heavy (non-hydrogen) atoms. The van der Waals surface area contributed by atoms with Crippen LogP contribution in [0.3, 0.4) is 0 Å². The Hall–Kier alpha value is -7.44. The van der Waals surface area contributed by atoms with Gasteiger partial charge in [0.15, 0.2) is 29.1 Å². The van der Waals surface area contributed by atoms with Crippen molar-refractivity contribution < 1.29 is 0 Å². The van der Waals surface area contributed by atoms with Crippen LogP contribution >= 0.6 is 0 Å². The van der Waals surface area contributed by atoms with E-state index in [1.165, 1.54) is 54.4 Å². The molecule has 5 atom stereocenters. The lowest BCUT2D eigenvalue weighted by Crippen LogP contribution is -2.34. The molecule has 4 aliphatic carbocycles. The van der Waals surface area contributed by atoms with E-state index in [0.29, 0.717) is 41.0 Å². The number of rotatable bonds is 7. The molecule has 7 aromatic rings. The highest BCUT2D eigenvalue weighted by atomic mass is 15.0. The predicted molar refractivity (Wildman–Crippen MR) is 268 cm³/mol. The fourth-order valence-corrected chi connectivity index (χ4v) is 11.6.